The number of ether oxygens (including phenoxy) is 1. The van der Waals surface area contributed by atoms with E-state index in [2.05, 4.69) is 27.4 Å². The fraction of sp³-hybridized carbons (Fsp3) is 0.846. The van der Waals surface area contributed by atoms with Crippen molar-refractivity contribution in [2.24, 2.45) is 5.92 Å². The van der Waals surface area contributed by atoms with Crippen molar-refractivity contribution in [3.8, 4) is 0 Å². The molecule has 1 fully saturated rings. The molecule has 0 aromatic carbocycles. The molecule has 0 saturated carbocycles. The van der Waals surface area contributed by atoms with E-state index in [1.165, 1.54) is 12.8 Å². The first-order chi connectivity index (χ1) is 9.19. The smallest absolute Gasteiger partial charge is 0.240 e. The van der Waals surface area contributed by atoms with Gasteiger partial charge in [-0.2, -0.15) is 4.98 Å². The number of aromatic nitrogens is 2. The molecule has 116 valence electrons. The lowest BCUT2D eigenvalue weighted by atomic mass is 9.98. The minimum absolute atomic E-state index is 0. The molecule has 2 rings (SSSR count). The van der Waals surface area contributed by atoms with Crippen LogP contribution in [0, 0.1) is 5.92 Å². The van der Waals surface area contributed by atoms with Crippen LogP contribution in [0.1, 0.15) is 37.6 Å². The third-order valence-corrected chi connectivity index (χ3v) is 3.63. The topological polar surface area (TPSA) is 63.4 Å². The van der Waals surface area contributed by atoms with Gasteiger partial charge in [-0.1, -0.05) is 5.16 Å². The molecule has 0 aliphatic carbocycles. The number of hydrogen-bond donors (Lipinski definition) is 1. The molecule has 0 radical (unpaired) electrons. The zero-order chi connectivity index (χ0) is 13.7. The second kappa shape index (κ2) is 8.56. The van der Waals surface area contributed by atoms with E-state index < -0.39 is 0 Å². The Morgan fingerprint density at radius 1 is 1.45 bits per heavy atom. The van der Waals surface area contributed by atoms with E-state index in [0.29, 0.717) is 18.3 Å². The van der Waals surface area contributed by atoms with Crippen molar-refractivity contribution in [2.45, 2.75) is 32.4 Å². The van der Waals surface area contributed by atoms with E-state index in [0.717, 1.165) is 25.6 Å². The Labute approximate surface area is 126 Å². The second-order valence-corrected chi connectivity index (χ2v) is 5.31. The van der Waals surface area contributed by atoms with Gasteiger partial charge in [0.05, 0.1) is 6.54 Å². The summed E-state index contributed by atoms with van der Waals surface area (Å²) in [6.45, 7) is 5.96. The molecular formula is C13H25ClN4O2. The Balaban J connectivity index is 0.00000200. The lowest BCUT2D eigenvalue weighted by Crippen LogP contribution is -2.34. The van der Waals surface area contributed by atoms with Crippen LogP contribution >= 0.6 is 12.4 Å². The van der Waals surface area contributed by atoms with Crippen molar-refractivity contribution in [1.29, 1.82) is 0 Å². The van der Waals surface area contributed by atoms with Crippen molar-refractivity contribution in [3.05, 3.63) is 11.7 Å². The number of nitrogens with one attached hydrogen (secondary N) is 1. The summed E-state index contributed by atoms with van der Waals surface area (Å²) >= 11 is 0. The van der Waals surface area contributed by atoms with Crippen molar-refractivity contribution in [1.82, 2.24) is 20.4 Å². The standard InChI is InChI=1S/C13H24N4O2.ClH/c1-10(18-3)13-15-12(19-16-13)9-17(2)8-11-4-6-14-7-5-11;/h10-11,14H,4-9H2,1-3H3;1H. The first kappa shape index (κ1) is 17.4. The molecule has 2 heterocycles. The van der Waals surface area contributed by atoms with Gasteiger partial charge in [0.15, 0.2) is 5.82 Å². The molecule has 6 nitrogen and oxygen atoms in total. The molecule has 1 aromatic rings. The second-order valence-electron chi connectivity index (χ2n) is 5.31. The van der Waals surface area contributed by atoms with Gasteiger partial charge in [-0.3, -0.25) is 4.90 Å². The summed E-state index contributed by atoms with van der Waals surface area (Å²) in [5, 5.41) is 7.33. The monoisotopic (exact) mass is 304 g/mol. The van der Waals surface area contributed by atoms with Crippen LogP contribution in [0.25, 0.3) is 0 Å². The maximum atomic E-state index is 5.25. The molecule has 1 N–H and O–H groups in total. The van der Waals surface area contributed by atoms with E-state index in [1.807, 2.05) is 6.92 Å². The first-order valence-corrected chi connectivity index (χ1v) is 6.93. The number of halogens is 1. The maximum Gasteiger partial charge on any atom is 0.240 e. The summed E-state index contributed by atoms with van der Waals surface area (Å²) in [5.74, 6) is 2.05. The van der Waals surface area contributed by atoms with Crippen LogP contribution in [-0.2, 0) is 11.3 Å². The van der Waals surface area contributed by atoms with Gasteiger partial charge in [0.1, 0.15) is 6.10 Å². The molecule has 1 aliphatic heterocycles. The van der Waals surface area contributed by atoms with Crippen LogP contribution in [0.2, 0.25) is 0 Å². The maximum absolute atomic E-state index is 5.25. The minimum atomic E-state index is -0.118. The van der Waals surface area contributed by atoms with Gasteiger partial charge in [-0.15, -0.1) is 12.4 Å². The summed E-state index contributed by atoms with van der Waals surface area (Å²) in [6.07, 6.45) is 2.38. The largest absolute Gasteiger partial charge is 0.374 e. The van der Waals surface area contributed by atoms with Crippen LogP contribution in [0.15, 0.2) is 4.52 Å². The number of methoxy groups -OCH3 is 1. The predicted molar refractivity (Wildman–Crippen MR) is 78.9 cm³/mol. The average molecular weight is 305 g/mol. The van der Waals surface area contributed by atoms with Gasteiger partial charge >= 0.3 is 0 Å². The Bertz CT molecular complexity index is 382. The molecule has 7 heteroatoms. The van der Waals surface area contributed by atoms with E-state index in [1.54, 1.807) is 7.11 Å². The fourth-order valence-corrected chi connectivity index (χ4v) is 2.40. The normalized spacial score (nSPS) is 18.0. The van der Waals surface area contributed by atoms with Crippen LogP contribution in [0.5, 0.6) is 0 Å². The molecule has 1 saturated heterocycles. The summed E-state index contributed by atoms with van der Waals surface area (Å²) in [6, 6.07) is 0. The number of nitrogens with zero attached hydrogens (tertiary/aromatic N) is 3. The molecule has 1 aliphatic rings. The van der Waals surface area contributed by atoms with Crippen LogP contribution in [0.4, 0.5) is 0 Å². The summed E-state index contributed by atoms with van der Waals surface area (Å²) in [5.41, 5.74) is 0. The van der Waals surface area contributed by atoms with Gasteiger partial charge in [-0.05, 0) is 45.8 Å². The van der Waals surface area contributed by atoms with Gasteiger partial charge in [0, 0.05) is 13.7 Å². The summed E-state index contributed by atoms with van der Waals surface area (Å²) < 4.78 is 10.4. The molecule has 1 unspecified atom stereocenters. The van der Waals surface area contributed by atoms with Crippen molar-refractivity contribution in [3.63, 3.8) is 0 Å². The third-order valence-electron chi connectivity index (χ3n) is 3.63. The van der Waals surface area contributed by atoms with Gasteiger partial charge < -0.3 is 14.6 Å². The van der Waals surface area contributed by atoms with Crippen LogP contribution < -0.4 is 5.32 Å². The lowest BCUT2D eigenvalue weighted by Gasteiger charge is -2.26. The van der Waals surface area contributed by atoms with Crippen molar-refractivity contribution in [2.75, 3.05) is 33.8 Å². The van der Waals surface area contributed by atoms with E-state index in [9.17, 15) is 0 Å². The zero-order valence-electron chi connectivity index (χ0n) is 12.5. The van der Waals surface area contributed by atoms with Crippen LogP contribution in [0.3, 0.4) is 0 Å². The number of rotatable bonds is 6. The molecule has 0 bridgehead atoms. The molecular weight excluding hydrogens is 280 g/mol. The third kappa shape index (κ3) is 5.01. The fourth-order valence-electron chi connectivity index (χ4n) is 2.40. The zero-order valence-corrected chi connectivity index (χ0v) is 13.3. The molecule has 0 spiro atoms. The quantitative estimate of drug-likeness (QED) is 0.862. The highest BCUT2D eigenvalue weighted by molar-refractivity contribution is 5.85. The van der Waals surface area contributed by atoms with Gasteiger partial charge in [0.25, 0.3) is 0 Å². The Morgan fingerprint density at radius 3 is 2.80 bits per heavy atom. The molecule has 1 atom stereocenters. The van der Waals surface area contributed by atoms with E-state index in [4.69, 9.17) is 9.26 Å². The van der Waals surface area contributed by atoms with Crippen LogP contribution in [-0.4, -0.2) is 48.8 Å². The Kier molecular flexibility index (Phi) is 7.43. The highest BCUT2D eigenvalue weighted by atomic mass is 35.5. The predicted octanol–water partition coefficient (Wildman–Crippen LogP) is 1.63. The molecule has 20 heavy (non-hydrogen) atoms. The van der Waals surface area contributed by atoms with Crippen molar-refractivity contribution < 1.29 is 9.26 Å². The summed E-state index contributed by atoms with van der Waals surface area (Å²) in [4.78, 5) is 6.61. The SMILES string of the molecule is COC(C)c1noc(CN(C)CC2CCNCC2)n1.Cl. The molecule has 0 amide bonds. The first-order valence-electron chi connectivity index (χ1n) is 6.93. The van der Waals surface area contributed by atoms with E-state index >= 15 is 0 Å². The molecule has 1 aromatic heterocycles. The highest BCUT2D eigenvalue weighted by Gasteiger charge is 2.18. The van der Waals surface area contributed by atoms with E-state index in [-0.39, 0.29) is 18.5 Å². The van der Waals surface area contributed by atoms with Crippen molar-refractivity contribution >= 4 is 12.4 Å². The van der Waals surface area contributed by atoms with Gasteiger partial charge in [0.2, 0.25) is 5.89 Å². The summed E-state index contributed by atoms with van der Waals surface area (Å²) in [7, 11) is 3.75. The Morgan fingerprint density at radius 2 is 2.15 bits per heavy atom. The van der Waals surface area contributed by atoms with Gasteiger partial charge in [-0.25, -0.2) is 0 Å². The minimum Gasteiger partial charge on any atom is -0.374 e. The number of piperidine rings is 1. The lowest BCUT2D eigenvalue weighted by molar-refractivity contribution is 0.109. The Hall–Kier alpha value is -0.690. The number of hydrogen-bond acceptors (Lipinski definition) is 6. The average Bonchev–Trinajstić information content (AvgIpc) is 2.87. The highest BCUT2D eigenvalue weighted by Crippen LogP contribution is 2.15.